The van der Waals surface area contributed by atoms with Crippen molar-refractivity contribution in [1.29, 1.82) is 0 Å². The summed E-state index contributed by atoms with van der Waals surface area (Å²) in [7, 11) is 0. The number of para-hydroxylation sites is 1. The number of carbonyl (C=O) groups is 2. The lowest BCUT2D eigenvalue weighted by Gasteiger charge is -2.15. The van der Waals surface area contributed by atoms with Gasteiger partial charge in [0.05, 0.1) is 10.5 Å². The Kier molecular flexibility index (Phi) is 6.48. The summed E-state index contributed by atoms with van der Waals surface area (Å²) in [6, 6.07) is 10.9. The number of nitrogen functional groups attached to an aromatic ring is 1. The molecular formula is C19H21N3O5. The van der Waals surface area contributed by atoms with E-state index in [-0.39, 0.29) is 22.9 Å². The standard InChI is InChI=1S/C19H21N3O5/c1-3-12(2)14-6-4-5-7-17(14)21-18(23)11-27-19(24)15-10-13(22(25)26)8-9-16(15)20/h4-10,12H,3,11,20H2,1-2H3,(H,21,23)/t12-/m0/s1. The highest BCUT2D eigenvalue weighted by molar-refractivity contribution is 5.98. The molecule has 0 saturated carbocycles. The third kappa shape index (κ3) is 5.04. The van der Waals surface area contributed by atoms with E-state index in [9.17, 15) is 19.7 Å². The third-order valence-electron chi connectivity index (χ3n) is 4.18. The molecule has 0 aliphatic carbocycles. The zero-order chi connectivity index (χ0) is 20.0. The van der Waals surface area contributed by atoms with E-state index < -0.39 is 23.4 Å². The highest BCUT2D eigenvalue weighted by Gasteiger charge is 2.18. The second-order valence-corrected chi connectivity index (χ2v) is 6.05. The van der Waals surface area contributed by atoms with Crippen LogP contribution < -0.4 is 11.1 Å². The third-order valence-corrected chi connectivity index (χ3v) is 4.18. The van der Waals surface area contributed by atoms with Gasteiger partial charge in [-0.2, -0.15) is 0 Å². The first kappa shape index (κ1) is 19.9. The smallest absolute Gasteiger partial charge is 0.341 e. The van der Waals surface area contributed by atoms with E-state index >= 15 is 0 Å². The Morgan fingerprint density at radius 1 is 1.26 bits per heavy atom. The summed E-state index contributed by atoms with van der Waals surface area (Å²) in [5, 5.41) is 13.5. The number of carbonyl (C=O) groups excluding carboxylic acids is 2. The summed E-state index contributed by atoms with van der Waals surface area (Å²) in [5.74, 6) is -1.15. The molecular weight excluding hydrogens is 350 g/mol. The molecule has 0 unspecified atom stereocenters. The first-order valence-electron chi connectivity index (χ1n) is 8.43. The average molecular weight is 371 g/mol. The molecule has 2 aromatic rings. The maximum atomic E-state index is 12.1. The zero-order valence-electron chi connectivity index (χ0n) is 15.1. The predicted molar refractivity (Wildman–Crippen MR) is 102 cm³/mol. The lowest BCUT2D eigenvalue weighted by Crippen LogP contribution is -2.22. The summed E-state index contributed by atoms with van der Waals surface area (Å²) < 4.78 is 4.95. The maximum absolute atomic E-state index is 12.1. The highest BCUT2D eigenvalue weighted by Crippen LogP contribution is 2.26. The van der Waals surface area contributed by atoms with Gasteiger partial charge >= 0.3 is 5.97 Å². The number of non-ortho nitro benzene ring substituents is 1. The second-order valence-electron chi connectivity index (χ2n) is 6.05. The molecule has 0 spiro atoms. The van der Waals surface area contributed by atoms with E-state index in [1.807, 2.05) is 12.1 Å². The first-order chi connectivity index (χ1) is 12.8. The van der Waals surface area contributed by atoms with Crippen molar-refractivity contribution < 1.29 is 19.2 Å². The molecule has 1 atom stereocenters. The van der Waals surface area contributed by atoms with Crippen molar-refractivity contribution in [2.45, 2.75) is 26.2 Å². The molecule has 0 heterocycles. The van der Waals surface area contributed by atoms with Crippen molar-refractivity contribution >= 4 is 28.9 Å². The Bertz CT molecular complexity index is 866. The molecule has 2 aromatic carbocycles. The fraction of sp³-hybridized carbons (Fsp3) is 0.263. The van der Waals surface area contributed by atoms with Gasteiger partial charge in [-0.1, -0.05) is 32.0 Å². The maximum Gasteiger partial charge on any atom is 0.341 e. The molecule has 142 valence electrons. The molecule has 0 aliphatic rings. The number of nitrogens with zero attached hydrogens (tertiary/aromatic N) is 1. The Morgan fingerprint density at radius 2 is 1.96 bits per heavy atom. The largest absolute Gasteiger partial charge is 0.452 e. The van der Waals surface area contributed by atoms with E-state index in [1.165, 1.54) is 12.1 Å². The van der Waals surface area contributed by atoms with E-state index in [4.69, 9.17) is 10.5 Å². The number of hydrogen-bond donors (Lipinski definition) is 2. The van der Waals surface area contributed by atoms with Gasteiger partial charge in [0.2, 0.25) is 0 Å². The number of nitro groups is 1. The van der Waals surface area contributed by atoms with Crippen LogP contribution in [0.25, 0.3) is 0 Å². The number of nitrogens with one attached hydrogen (secondary N) is 1. The molecule has 0 saturated heterocycles. The zero-order valence-corrected chi connectivity index (χ0v) is 15.1. The molecule has 27 heavy (non-hydrogen) atoms. The fourth-order valence-corrected chi connectivity index (χ4v) is 2.49. The Labute approximate surface area is 156 Å². The van der Waals surface area contributed by atoms with E-state index in [1.54, 1.807) is 12.1 Å². The SMILES string of the molecule is CC[C@H](C)c1ccccc1NC(=O)COC(=O)c1cc([N+](=O)[O-])ccc1N. The van der Waals surface area contributed by atoms with Gasteiger partial charge in [-0.3, -0.25) is 14.9 Å². The van der Waals surface area contributed by atoms with Crippen molar-refractivity contribution in [1.82, 2.24) is 0 Å². The normalized spacial score (nSPS) is 11.5. The minimum absolute atomic E-state index is 0.0353. The van der Waals surface area contributed by atoms with Gasteiger partial charge in [-0.05, 0) is 30.0 Å². The molecule has 0 aliphatic heterocycles. The Morgan fingerprint density at radius 3 is 2.63 bits per heavy atom. The van der Waals surface area contributed by atoms with E-state index in [0.717, 1.165) is 18.1 Å². The van der Waals surface area contributed by atoms with Gasteiger partial charge in [0, 0.05) is 23.5 Å². The van der Waals surface area contributed by atoms with Crippen molar-refractivity contribution in [2.24, 2.45) is 0 Å². The summed E-state index contributed by atoms with van der Waals surface area (Å²) in [6.07, 6.45) is 0.911. The van der Waals surface area contributed by atoms with Crippen LogP contribution in [0.1, 0.15) is 42.1 Å². The monoisotopic (exact) mass is 371 g/mol. The number of ether oxygens (including phenoxy) is 1. The number of anilines is 2. The number of nitro benzene ring substituents is 1. The minimum atomic E-state index is -0.901. The number of rotatable bonds is 7. The Balaban J connectivity index is 2.03. The Hall–Kier alpha value is -3.42. The van der Waals surface area contributed by atoms with E-state index in [0.29, 0.717) is 5.69 Å². The molecule has 8 nitrogen and oxygen atoms in total. The summed E-state index contributed by atoms with van der Waals surface area (Å²) in [6.45, 7) is 3.57. The average Bonchev–Trinajstić information content (AvgIpc) is 2.66. The van der Waals surface area contributed by atoms with Gasteiger partial charge in [0.15, 0.2) is 6.61 Å². The lowest BCUT2D eigenvalue weighted by atomic mass is 9.97. The number of nitrogens with two attached hydrogens (primary N) is 1. The quantitative estimate of drug-likeness (QED) is 0.332. The van der Waals surface area contributed by atoms with Gasteiger partial charge in [-0.25, -0.2) is 4.79 Å². The molecule has 2 rings (SSSR count). The molecule has 1 amide bonds. The van der Waals surface area contributed by atoms with Crippen LogP contribution in [-0.2, 0) is 9.53 Å². The molecule has 0 radical (unpaired) electrons. The number of esters is 1. The van der Waals surface area contributed by atoms with Crippen LogP contribution >= 0.6 is 0 Å². The van der Waals surface area contributed by atoms with Gasteiger partial charge < -0.3 is 15.8 Å². The number of hydrogen-bond acceptors (Lipinski definition) is 6. The highest BCUT2D eigenvalue weighted by atomic mass is 16.6. The lowest BCUT2D eigenvalue weighted by molar-refractivity contribution is -0.384. The van der Waals surface area contributed by atoms with Gasteiger partial charge in [0.1, 0.15) is 0 Å². The first-order valence-corrected chi connectivity index (χ1v) is 8.43. The molecule has 0 fully saturated rings. The van der Waals surface area contributed by atoms with Crippen LogP contribution in [-0.4, -0.2) is 23.4 Å². The van der Waals surface area contributed by atoms with Crippen molar-refractivity contribution in [3.05, 3.63) is 63.7 Å². The second kappa shape index (κ2) is 8.79. The number of amides is 1. The van der Waals surface area contributed by atoms with Crippen LogP contribution in [0.4, 0.5) is 17.1 Å². The van der Waals surface area contributed by atoms with Crippen LogP contribution in [0.3, 0.4) is 0 Å². The van der Waals surface area contributed by atoms with Crippen LogP contribution in [0, 0.1) is 10.1 Å². The minimum Gasteiger partial charge on any atom is -0.452 e. The van der Waals surface area contributed by atoms with Crippen LogP contribution in [0.15, 0.2) is 42.5 Å². The molecule has 3 N–H and O–H groups in total. The summed E-state index contributed by atoms with van der Waals surface area (Å²) in [4.78, 5) is 34.4. The summed E-state index contributed by atoms with van der Waals surface area (Å²) in [5.41, 5.74) is 6.90. The van der Waals surface area contributed by atoms with E-state index in [2.05, 4.69) is 19.2 Å². The fourth-order valence-electron chi connectivity index (χ4n) is 2.49. The topological polar surface area (TPSA) is 125 Å². The number of benzene rings is 2. The van der Waals surface area contributed by atoms with Crippen LogP contribution in [0.5, 0.6) is 0 Å². The van der Waals surface area contributed by atoms with Crippen molar-refractivity contribution in [3.8, 4) is 0 Å². The molecule has 8 heteroatoms. The van der Waals surface area contributed by atoms with Gasteiger partial charge in [0.25, 0.3) is 11.6 Å². The molecule has 0 bridgehead atoms. The summed E-state index contributed by atoms with van der Waals surface area (Å²) >= 11 is 0. The van der Waals surface area contributed by atoms with Crippen LogP contribution in [0.2, 0.25) is 0 Å². The predicted octanol–water partition coefficient (Wildman–Crippen LogP) is 3.49. The van der Waals surface area contributed by atoms with Crippen molar-refractivity contribution in [3.63, 3.8) is 0 Å². The molecule has 0 aromatic heterocycles. The van der Waals surface area contributed by atoms with Gasteiger partial charge in [-0.15, -0.1) is 0 Å². The van der Waals surface area contributed by atoms with Crippen molar-refractivity contribution in [2.75, 3.05) is 17.7 Å².